The Bertz CT molecular complexity index is 255. The fraction of sp³-hybridized carbons (Fsp3) is 0.333. The van der Waals surface area contributed by atoms with Crippen LogP contribution in [0.1, 0.15) is 17.9 Å². The molecule has 1 unspecified atom stereocenters. The Balaban J connectivity index is 2.21. The van der Waals surface area contributed by atoms with Gasteiger partial charge in [-0.2, -0.15) is 0 Å². The summed E-state index contributed by atoms with van der Waals surface area (Å²) in [5.74, 6) is 0.590. The summed E-state index contributed by atoms with van der Waals surface area (Å²) < 4.78 is 0. The van der Waals surface area contributed by atoms with Gasteiger partial charge in [-0.25, -0.2) is 0 Å². The second kappa shape index (κ2) is 2.50. The highest BCUT2D eigenvalue weighted by Gasteiger charge is 2.34. The molecule has 58 valence electrons. The van der Waals surface area contributed by atoms with E-state index in [9.17, 15) is 0 Å². The van der Waals surface area contributed by atoms with Crippen molar-refractivity contribution in [3.05, 3.63) is 34.9 Å². The predicted molar refractivity (Wildman–Crippen MR) is 46.8 cm³/mol. The standard InChI is InChI=1S/C9H10ClN/c10-7-3-1-6(2-4-7)8-5-9(8)11/h1-4,8-9H,5,11H2/t8?,9-/m1/s1. The first-order valence-electron chi connectivity index (χ1n) is 3.78. The lowest BCUT2D eigenvalue weighted by atomic mass is 10.1. The zero-order valence-corrected chi connectivity index (χ0v) is 6.88. The number of halogens is 1. The predicted octanol–water partition coefficient (Wildman–Crippen LogP) is 2.15. The van der Waals surface area contributed by atoms with E-state index in [0.717, 1.165) is 11.4 Å². The Morgan fingerprint density at radius 2 is 1.82 bits per heavy atom. The van der Waals surface area contributed by atoms with Crippen molar-refractivity contribution in [2.75, 3.05) is 0 Å². The van der Waals surface area contributed by atoms with E-state index in [1.807, 2.05) is 12.1 Å². The molecule has 11 heavy (non-hydrogen) atoms. The van der Waals surface area contributed by atoms with E-state index in [1.54, 1.807) is 0 Å². The van der Waals surface area contributed by atoms with Gasteiger partial charge < -0.3 is 5.73 Å². The van der Waals surface area contributed by atoms with Gasteiger partial charge in [0.25, 0.3) is 0 Å². The van der Waals surface area contributed by atoms with Crippen LogP contribution in [0.5, 0.6) is 0 Å². The molecule has 1 aliphatic carbocycles. The lowest BCUT2D eigenvalue weighted by Crippen LogP contribution is -2.00. The zero-order chi connectivity index (χ0) is 7.84. The van der Waals surface area contributed by atoms with Gasteiger partial charge in [-0.3, -0.25) is 0 Å². The van der Waals surface area contributed by atoms with Gasteiger partial charge in [0.15, 0.2) is 0 Å². The lowest BCUT2D eigenvalue weighted by Gasteiger charge is -1.96. The first-order chi connectivity index (χ1) is 5.27. The maximum atomic E-state index is 5.74. The van der Waals surface area contributed by atoms with E-state index in [2.05, 4.69) is 12.1 Å². The largest absolute Gasteiger partial charge is 0.327 e. The monoisotopic (exact) mass is 167 g/mol. The summed E-state index contributed by atoms with van der Waals surface area (Å²) in [5, 5.41) is 0.794. The number of hydrogen-bond donors (Lipinski definition) is 1. The number of hydrogen-bond acceptors (Lipinski definition) is 1. The molecule has 0 aliphatic heterocycles. The molecule has 1 saturated carbocycles. The molecule has 0 spiro atoms. The van der Waals surface area contributed by atoms with Crippen LogP contribution < -0.4 is 5.73 Å². The third-order valence-electron chi connectivity index (χ3n) is 2.14. The first kappa shape index (κ1) is 7.14. The van der Waals surface area contributed by atoms with Gasteiger partial charge in [0.2, 0.25) is 0 Å². The van der Waals surface area contributed by atoms with Gasteiger partial charge >= 0.3 is 0 Å². The molecule has 1 aliphatic rings. The van der Waals surface area contributed by atoms with Crippen LogP contribution in [-0.4, -0.2) is 6.04 Å². The van der Waals surface area contributed by atoms with Crippen molar-refractivity contribution in [2.24, 2.45) is 5.73 Å². The zero-order valence-electron chi connectivity index (χ0n) is 6.13. The summed E-state index contributed by atoms with van der Waals surface area (Å²) in [6, 6.07) is 8.33. The Hall–Kier alpha value is -0.530. The van der Waals surface area contributed by atoms with E-state index in [-0.39, 0.29) is 0 Å². The molecule has 0 heterocycles. The third kappa shape index (κ3) is 1.39. The summed E-state index contributed by atoms with van der Waals surface area (Å²) in [7, 11) is 0. The van der Waals surface area contributed by atoms with E-state index in [0.29, 0.717) is 12.0 Å². The van der Waals surface area contributed by atoms with Crippen molar-refractivity contribution >= 4 is 11.6 Å². The lowest BCUT2D eigenvalue weighted by molar-refractivity contribution is 0.991. The van der Waals surface area contributed by atoms with E-state index in [4.69, 9.17) is 17.3 Å². The van der Waals surface area contributed by atoms with Gasteiger partial charge in [-0.1, -0.05) is 23.7 Å². The van der Waals surface area contributed by atoms with Crippen molar-refractivity contribution in [1.29, 1.82) is 0 Å². The van der Waals surface area contributed by atoms with E-state index in [1.165, 1.54) is 5.56 Å². The van der Waals surface area contributed by atoms with Crippen molar-refractivity contribution < 1.29 is 0 Å². The number of rotatable bonds is 1. The van der Waals surface area contributed by atoms with Gasteiger partial charge in [0, 0.05) is 17.0 Å². The summed E-state index contributed by atoms with van der Waals surface area (Å²) in [5.41, 5.74) is 7.02. The number of nitrogens with two attached hydrogens (primary N) is 1. The quantitative estimate of drug-likeness (QED) is 0.682. The Morgan fingerprint density at radius 3 is 2.27 bits per heavy atom. The first-order valence-corrected chi connectivity index (χ1v) is 4.16. The topological polar surface area (TPSA) is 26.0 Å². The summed E-state index contributed by atoms with van der Waals surface area (Å²) in [4.78, 5) is 0. The molecule has 0 bridgehead atoms. The molecular weight excluding hydrogens is 158 g/mol. The smallest absolute Gasteiger partial charge is 0.0406 e. The molecule has 2 heteroatoms. The van der Waals surface area contributed by atoms with E-state index >= 15 is 0 Å². The molecule has 1 aromatic carbocycles. The highest BCUT2D eigenvalue weighted by Crippen LogP contribution is 2.38. The average Bonchev–Trinajstić information content (AvgIpc) is 2.69. The maximum Gasteiger partial charge on any atom is 0.0406 e. The molecule has 2 N–H and O–H groups in total. The minimum absolute atomic E-state index is 0.385. The van der Waals surface area contributed by atoms with Crippen molar-refractivity contribution in [3.63, 3.8) is 0 Å². The average molecular weight is 168 g/mol. The molecule has 0 amide bonds. The highest BCUT2D eigenvalue weighted by molar-refractivity contribution is 6.30. The fourth-order valence-electron chi connectivity index (χ4n) is 1.31. The van der Waals surface area contributed by atoms with Crippen LogP contribution in [0.4, 0.5) is 0 Å². The molecular formula is C9H10ClN. The van der Waals surface area contributed by atoms with Crippen molar-refractivity contribution in [1.82, 2.24) is 0 Å². The normalized spacial score (nSPS) is 28.5. The summed E-state index contributed by atoms with van der Waals surface area (Å²) in [6.07, 6.45) is 1.13. The van der Waals surface area contributed by atoms with Gasteiger partial charge in [0.1, 0.15) is 0 Å². The molecule has 0 saturated heterocycles. The third-order valence-corrected chi connectivity index (χ3v) is 2.39. The molecule has 2 rings (SSSR count). The van der Waals surface area contributed by atoms with Crippen molar-refractivity contribution in [3.8, 4) is 0 Å². The second-order valence-corrected chi connectivity index (χ2v) is 3.49. The van der Waals surface area contributed by atoms with Crippen molar-refractivity contribution in [2.45, 2.75) is 18.4 Å². The number of benzene rings is 1. The summed E-state index contributed by atoms with van der Waals surface area (Å²) in [6.45, 7) is 0. The molecule has 2 atom stereocenters. The van der Waals surface area contributed by atoms with Crippen LogP contribution >= 0.6 is 11.6 Å². The molecule has 1 aromatic rings. The fourth-order valence-corrected chi connectivity index (χ4v) is 1.43. The van der Waals surface area contributed by atoms with Crippen LogP contribution in [-0.2, 0) is 0 Å². The van der Waals surface area contributed by atoms with E-state index < -0.39 is 0 Å². The SMILES string of the molecule is N[C@@H]1CC1c1ccc(Cl)cc1. The molecule has 1 nitrogen and oxygen atoms in total. The van der Waals surface area contributed by atoms with Crippen LogP contribution in [0.15, 0.2) is 24.3 Å². The van der Waals surface area contributed by atoms with Crippen LogP contribution in [0.3, 0.4) is 0 Å². The Morgan fingerprint density at radius 1 is 1.27 bits per heavy atom. The van der Waals surface area contributed by atoms with Gasteiger partial charge in [-0.05, 0) is 24.1 Å². The molecule has 0 aromatic heterocycles. The van der Waals surface area contributed by atoms with Gasteiger partial charge in [-0.15, -0.1) is 0 Å². The Labute approximate surface area is 71.2 Å². The molecule has 0 radical (unpaired) electrons. The maximum absolute atomic E-state index is 5.74. The Kier molecular flexibility index (Phi) is 1.63. The van der Waals surface area contributed by atoms with Crippen LogP contribution in [0, 0.1) is 0 Å². The molecule has 1 fully saturated rings. The minimum atomic E-state index is 0.385. The van der Waals surface area contributed by atoms with Crippen LogP contribution in [0.2, 0.25) is 5.02 Å². The van der Waals surface area contributed by atoms with Gasteiger partial charge in [0.05, 0.1) is 0 Å². The minimum Gasteiger partial charge on any atom is -0.327 e. The highest BCUT2D eigenvalue weighted by atomic mass is 35.5. The van der Waals surface area contributed by atoms with Crippen LogP contribution in [0.25, 0.3) is 0 Å². The summed E-state index contributed by atoms with van der Waals surface area (Å²) >= 11 is 5.74. The second-order valence-electron chi connectivity index (χ2n) is 3.06.